The topological polar surface area (TPSA) is 75.6 Å². The van der Waals surface area contributed by atoms with Crippen molar-refractivity contribution in [2.45, 2.75) is 38.1 Å². The highest BCUT2D eigenvalue weighted by atomic mass is 16.5. The number of carboxylic acid groups (broad SMARTS) is 1. The van der Waals surface area contributed by atoms with Gasteiger partial charge >= 0.3 is 12.1 Å². The molecular weight excluding hydrogens is 198 g/mol. The van der Waals surface area contributed by atoms with Crippen molar-refractivity contribution in [1.29, 1.82) is 0 Å². The number of rotatable bonds is 3. The van der Waals surface area contributed by atoms with Gasteiger partial charge in [-0.05, 0) is 31.6 Å². The van der Waals surface area contributed by atoms with Gasteiger partial charge in [0.05, 0.1) is 7.11 Å². The van der Waals surface area contributed by atoms with E-state index in [4.69, 9.17) is 5.11 Å². The number of amides is 1. The quantitative estimate of drug-likeness (QED) is 0.745. The lowest BCUT2D eigenvalue weighted by atomic mass is 9.84. The Morgan fingerprint density at radius 3 is 2.40 bits per heavy atom. The summed E-state index contributed by atoms with van der Waals surface area (Å²) in [5.74, 6) is -0.474. The summed E-state index contributed by atoms with van der Waals surface area (Å²) in [6, 6.07) is 0.141. The molecule has 1 rings (SSSR count). The van der Waals surface area contributed by atoms with Gasteiger partial charge in [-0.25, -0.2) is 4.79 Å². The Morgan fingerprint density at radius 2 is 1.93 bits per heavy atom. The molecule has 0 heterocycles. The summed E-state index contributed by atoms with van der Waals surface area (Å²) >= 11 is 0. The van der Waals surface area contributed by atoms with E-state index in [1.54, 1.807) is 0 Å². The van der Waals surface area contributed by atoms with Gasteiger partial charge in [-0.2, -0.15) is 0 Å². The molecule has 1 saturated carbocycles. The first-order chi connectivity index (χ1) is 7.11. The van der Waals surface area contributed by atoms with Crippen LogP contribution >= 0.6 is 0 Å². The highest BCUT2D eigenvalue weighted by Crippen LogP contribution is 2.26. The van der Waals surface area contributed by atoms with Crippen LogP contribution in [0.5, 0.6) is 0 Å². The Morgan fingerprint density at radius 1 is 1.33 bits per heavy atom. The van der Waals surface area contributed by atoms with Gasteiger partial charge in [0.25, 0.3) is 0 Å². The molecule has 86 valence electrons. The Labute approximate surface area is 88.8 Å². The molecule has 0 bridgehead atoms. The van der Waals surface area contributed by atoms with Crippen LogP contribution in [0.4, 0.5) is 4.79 Å². The standard InChI is InChI=1S/C10H17NO4/c1-15-10(14)11-8-4-2-7(3-5-8)6-9(12)13/h7-8H,2-6H2,1H3,(H,11,14)(H,12,13). The molecular formula is C10H17NO4. The van der Waals surface area contributed by atoms with Crippen molar-refractivity contribution in [3.05, 3.63) is 0 Å². The molecule has 0 aromatic rings. The zero-order chi connectivity index (χ0) is 11.3. The normalized spacial score (nSPS) is 25.7. The molecule has 0 aliphatic heterocycles. The molecule has 0 radical (unpaired) electrons. The first-order valence-corrected chi connectivity index (χ1v) is 5.18. The highest BCUT2D eigenvalue weighted by molar-refractivity contribution is 5.67. The van der Waals surface area contributed by atoms with Gasteiger partial charge in [0, 0.05) is 12.5 Å². The number of aliphatic carboxylic acids is 1. The molecule has 5 nitrogen and oxygen atoms in total. The van der Waals surface area contributed by atoms with E-state index in [2.05, 4.69) is 10.1 Å². The monoisotopic (exact) mass is 215 g/mol. The van der Waals surface area contributed by atoms with Crippen molar-refractivity contribution < 1.29 is 19.4 Å². The van der Waals surface area contributed by atoms with Crippen molar-refractivity contribution in [3.8, 4) is 0 Å². The average molecular weight is 215 g/mol. The smallest absolute Gasteiger partial charge is 0.407 e. The molecule has 1 amide bonds. The summed E-state index contributed by atoms with van der Waals surface area (Å²) in [6.45, 7) is 0. The van der Waals surface area contributed by atoms with E-state index in [1.165, 1.54) is 7.11 Å². The second kappa shape index (κ2) is 5.58. The van der Waals surface area contributed by atoms with Crippen LogP contribution in [0.25, 0.3) is 0 Å². The molecule has 0 saturated heterocycles. The number of hydrogen-bond donors (Lipinski definition) is 2. The van der Waals surface area contributed by atoms with E-state index >= 15 is 0 Å². The van der Waals surface area contributed by atoms with Crippen molar-refractivity contribution in [1.82, 2.24) is 5.32 Å². The van der Waals surface area contributed by atoms with E-state index < -0.39 is 12.1 Å². The molecule has 0 atom stereocenters. The molecule has 1 aliphatic carbocycles. The van der Waals surface area contributed by atoms with E-state index in [-0.39, 0.29) is 18.4 Å². The minimum absolute atomic E-state index is 0.141. The SMILES string of the molecule is COC(=O)NC1CCC(CC(=O)O)CC1. The number of carbonyl (C=O) groups is 2. The molecule has 0 unspecified atom stereocenters. The van der Waals surface area contributed by atoms with Crippen molar-refractivity contribution in [2.24, 2.45) is 5.92 Å². The number of methoxy groups -OCH3 is 1. The minimum atomic E-state index is -0.737. The van der Waals surface area contributed by atoms with Crippen LogP contribution in [-0.4, -0.2) is 30.3 Å². The third kappa shape index (κ3) is 4.18. The number of ether oxygens (including phenoxy) is 1. The fourth-order valence-electron chi connectivity index (χ4n) is 1.98. The van der Waals surface area contributed by atoms with E-state index in [0.717, 1.165) is 25.7 Å². The van der Waals surface area contributed by atoms with Gasteiger partial charge in [-0.15, -0.1) is 0 Å². The predicted molar refractivity (Wildman–Crippen MR) is 53.5 cm³/mol. The van der Waals surface area contributed by atoms with Crippen molar-refractivity contribution in [3.63, 3.8) is 0 Å². The van der Waals surface area contributed by atoms with Crippen molar-refractivity contribution >= 4 is 12.1 Å². The molecule has 1 fully saturated rings. The number of nitrogens with one attached hydrogen (secondary N) is 1. The number of carbonyl (C=O) groups excluding carboxylic acids is 1. The van der Waals surface area contributed by atoms with Gasteiger partial charge < -0.3 is 15.2 Å². The molecule has 15 heavy (non-hydrogen) atoms. The lowest BCUT2D eigenvalue weighted by Crippen LogP contribution is -2.37. The van der Waals surface area contributed by atoms with E-state index in [0.29, 0.717) is 0 Å². The van der Waals surface area contributed by atoms with Gasteiger partial charge in [0.15, 0.2) is 0 Å². The van der Waals surface area contributed by atoms with Crippen LogP contribution in [0.15, 0.2) is 0 Å². The summed E-state index contributed by atoms with van der Waals surface area (Å²) in [5, 5.41) is 11.4. The fourth-order valence-corrected chi connectivity index (χ4v) is 1.98. The number of hydrogen-bond acceptors (Lipinski definition) is 3. The second-order valence-electron chi connectivity index (χ2n) is 3.95. The largest absolute Gasteiger partial charge is 0.481 e. The molecule has 0 spiro atoms. The molecule has 2 N–H and O–H groups in total. The first kappa shape index (κ1) is 11.8. The van der Waals surface area contributed by atoms with Gasteiger partial charge in [-0.1, -0.05) is 0 Å². The Kier molecular flexibility index (Phi) is 4.39. The minimum Gasteiger partial charge on any atom is -0.481 e. The summed E-state index contributed by atoms with van der Waals surface area (Å²) < 4.78 is 4.50. The Balaban J connectivity index is 2.23. The zero-order valence-corrected chi connectivity index (χ0v) is 8.86. The molecule has 0 aromatic carbocycles. The maximum atomic E-state index is 10.9. The predicted octanol–water partition coefficient (Wildman–Crippen LogP) is 1.38. The van der Waals surface area contributed by atoms with Gasteiger partial charge in [-0.3, -0.25) is 4.79 Å². The van der Waals surface area contributed by atoms with Crippen LogP contribution in [0.3, 0.4) is 0 Å². The lowest BCUT2D eigenvalue weighted by molar-refractivity contribution is -0.138. The van der Waals surface area contributed by atoms with Gasteiger partial charge in [0.1, 0.15) is 0 Å². The summed E-state index contributed by atoms with van der Waals surface area (Å²) in [4.78, 5) is 21.4. The van der Waals surface area contributed by atoms with E-state index in [1.807, 2.05) is 0 Å². The lowest BCUT2D eigenvalue weighted by Gasteiger charge is -2.27. The van der Waals surface area contributed by atoms with Crippen LogP contribution in [0, 0.1) is 5.92 Å². The number of carboxylic acids is 1. The van der Waals surface area contributed by atoms with Crippen LogP contribution in [-0.2, 0) is 9.53 Å². The Hall–Kier alpha value is -1.26. The third-order valence-electron chi connectivity index (χ3n) is 2.82. The van der Waals surface area contributed by atoms with Crippen molar-refractivity contribution in [2.75, 3.05) is 7.11 Å². The van der Waals surface area contributed by atoms with Crippen LogP contribution in [0.1, 0.15) is 32.1 Å². The van der Waals surface area contributed by atoms with E-state index in [9.17, 15) is 9.59 Å². The van der Waals surface area contributed by atoms with Gasteiger partial charge in [0.2, 0.25) is 0 Å². The molecule has 1 aliphatic rings. The summed E-state index contributed by atoms with van der Waals surface area (Å²) in [6.07, 6.45) is 3.24. The fraction of sp³-hybridized carbons (Fsp3) is 0.800. The third-order valence-corrected chi connectivity index (χ3v) is 2.82. The van der Waals surface area contributed by atoms with Crippen LogP contribution < -0.4 is 5.32 Å². The highest BCUT2D eigenvalue weighted by Gasteiger charge is 2.23. The first-order valence-electron chi connectivity index (χ1n) is 5.18. The zero-order valence-electron chi connectivity index (χ0n) is 8.86. The average Bonchev–Trinajstić information content (AvgIpc) is 2.20. The second-order valence-corrected chi connectivity index (χ2v) is 3.95. The Bertz CT molecular complexity index is 234. The summed E-state index contributed by atoms with van der Waals surface area (Å²) in [5.41, 5.74) is 0. The number of alkyl carbamates (subject to hydrolysis) is 1. The summed E-state index contributed by atoms with van der Waals surface area (Å²) in [7, 11) is 1.34. The maximum absolute atomic E-state index is 10.9. The maximum Gasteiger partial charge on any atom is 0.407 e. The molecule has 0 aromatic heterocycles. The molecule has 5 heteroatoms. The van der Waals surface area contributed by atoms with Crippen LogP contribution in [0.2, 0.25) is 0 Å².